The summed E-state index contributed by atoms with van der Waals surface area (Å²) in [6.45, 7) is 5.40. The molecule has 1 saturated heterocycles. The quantitative estimate of drug-likeness (QED) is 0.777. The zero-order valence-electron chi connectivity index (χ0n) is 17.1. The Kier molecular flexibility index (Phi) is 6.59. The Balaban J connectivity index is 1.63. The minimum atomic E-state index is -0.242. The van der Waals surface area contributed by atoms with Crippen molar-refractivity contribution in [2.24, 2.45) is 0 Å². The van der Waals surface area contributed by atoms with Crippen molar-refractivity contribution in [1.82, 2.24) is 5.32 Å². The number of rotatable bonds is 7. The zero-order valence-corrected chi connectivity index (χ0v) is 17.1. The molecule has 0 aromatic heterocycles. The fraction of sp³-hybridized carbons (Fsp3) is 0.364. The number of carbonyl (C=O) groups is 2. The van der Waals surface area contributed by atoms with Crippen molar-refractivity contribution >= 4 is 23.3 Å². The first kappa shape index (κ1) is 20.5. The molecule has 3 rings (SSSR count). The Morgan fingerprint density at radius 3 is 2.34 bits per heavy atom. The number of carbonyl (C=O) groups excluding carboxylic acids is 2. The molecule has 29 heavy (non-hydrogen) atoms. The second-order valence-corrected chi connectivity index (χ2v) is 6.72. The lowest BCUT2D eigenvalue weighted by Gasteiger charge is -2.24. The molecular formula is C22H27N3O4. The summed E-state index contributed by atoms with van der Waals surface area (Å²) in [4.78, 5) is 28.6. The molecule has 0 unspecified atom stereocenters. The molecule has 2 aromatic rings. The molecule has 3 amide bonds. The van der Waals surface area contributed by atoms with Crippen molar-refractivity contribution in [3.05, 3.63) is 48.5 Å². The number of nitrogens with zero attached hydrogens (tertiary/aromatic N) is 2. The van der Waals surface area contributed by atoms with Gasteiger partial charge in [0.05, 0.1) is 19.8 Å². The van der Waals surface area contributed by atoms with Crippen LogP contribution in [0.2, 0.25) is 0 Å². The lowest BCUT2D eigenvalue weighted by atomic mass is 10.2. The van der Waals surface area contributed by atoms with Gasteiger partial charge in [0, 0.05) is 30.9 Å². The van der Waals surface area contributed by atoms with Gasteiger partial charge in [-0.05, 0) is 62.4 Å². The number of nitrogens with one attached hydrogen (secondary N) is 1. The SMILES string of the molecule is CCOc1ccc(N(CC)C(=O)N[C@H]2CC(=O)N(c3ccc(OC)cc3)C2)cc1. The molecule has 1 fully saturated rings. The van der Waals surface area contributed by atoms with Crippen LogP contribution in [0.3, 0.4) is 0 Å². The van der Waals surface area contributed by atoms with Crippen molar-refractivity contribution in [2.45, 2.75) is 26.3 Å². The number of urea groups is 1. The lowest BCUT2D eigenvalue weighted by molar-refractivity contribution is -0.117. The summed E-state index contributed by atoms with van der Waals surface area (Å²) in [6.07, 6.45) is 0.276. The first-order chi connectivity index (χ1) is 14.0. The smallest absolute Gasteiger partial charge is 0.322 e. The van der Waals surface area contributed by atoms with Crippen LogP contribution in [0.25, 0.3) is 0 Å². The van der Waals surface area contributed by atoms with Gasteiger partial charge < -0.3 is 19.7 Å². The maximum Gasteiger partial charge on any atom is 0.322 e. The van der Waals surface area contributed by atoms with Crippen LogP contribution in [-0.4, -0.2) is 44.8 Å². The summed E-state index contributed by atoms with van der Waals surface area (Å²) < 4.78 is 10.6. The highest BCUT2D eigenvalue weighted by Gasteiger charge is 2.32. The van der Waals surface area contributed by atoms with E-state index in [1.807, 2.05) is 62.4 Å². The summed E-state index contributed by atoms with van der Waals surface area (Å²) in [5.41, 5.74) is 1.58. The van der Waals surface area contributed by atoms with Crippen LogP contribution in [0.4, 0.5) is 16.2 Å². The van der Waals surface area contributed by atoms with Crippen LogP contribution in [0.5, 0.6) is 11.5 Å². The van der Waals surface area contributed by atoms with E-state index in [9.17, 15) is 9.59 Å². The zero-order chi connectivity index (χ0) is 20.8. The molecule has 0 aliphatic carbocycles. The fourth-order valence-corrected chi connectivity index (χ4v) is 3.40. The molecule has 1 aliphatic rings. The molecule has 0 radical (unpaired) electrons. The van der Waals surface area contributed by atoms with Gasteiger partial charge in [-0.15, -0.1) is 0 Å². The van der Waals surface area contributed by atoms with Crippen molar-refractivity contribution in [3.8, 4) is 11.5 Å². The fourth-order valence-electron chi connectivity index (χ4n) is 3.40. The summed E-state index contributed by atoms with van der Waals surface area (Å²) in [7, 11) is 1.60. The normalized spacial score (nSPS) is 15.9. The highest BCUT2D eigenvalue weighted by atomic mass is 16.5. The summed E-state index contributed by atoms with van der Waals surface area (Å²) in [5, 5.41) is 2.99. The van der Waals surface area contributed by atoms with E-state index in [1.165, 1.54) is 0 Å². The highest BCUT2D eigenvalue weighted by Crippen LogP contribution is 2.25. The van der Waals surface area contributed by atoms with Crippen molar-refractivity contribution in [1.29, 1.82) is 0 Å². The van der Waals surface area contributed by atoms with Crippen molar-refractivity contribution < 1.29 is 19.1 Å². The third-order valence-electron chi connectivity index (χ3n) is 4.86. The highest BCUT2D eigenvalue weighted by molar-refractivity contribution is 5.98. The number of anilines is 2. The van der Waals surface area contributed by atoms with Crippen LogP contribution in [0.1, 0.15) is 20.3 Å². The van der Waals surface area contributed by atoms with Gasteiger partial charge in [0.2, 0.25) is 5.91 Å². The van der Waals surface area contributed by atoms with Gasteiger partial charge >= 0.3 is 6.03 Å². The van der Waals surface area contributed by atoms with E-state index in [1.54, 1.807) is 16.9 Å². The average molecular weight is 397 g/mol. The minimum absolute atomic E-state index is 0.00965. The Bertz CT molecular complexity index is 836. The first-order valence-corrected chi connectivity index (χ1v) is 9.81. The molecule has 0 saturated carbocycles. The summed E-state index contributed by atoms with van der Waals surface area (Å²) in [6, 6.07) is 14.3. The number of methoxy groups -OCH3 is 1. The molecule has 7 nitrogen and oxygen atoms in total. The molecule has 0 spiro atoms. The monoisotopic (exact) mass is 397 g/mol. The number of hydrogen-bond donors (Lipinski definition) is 1. The van der Waals surface area contributed by atoms with Gasteiger partial charge in [0.25, 0.3) is 0 Å². The maximum atomic E-state index is 12.8. The van der Waals surface area contributed by atoms with E-state index in [2.05, 4.69) is 5.32 Å². The second kappa shape index (κ2) is 9.32. The lowest BCUT2D eigenvalue weighted by Crippen LogP contribution is -2.46. The van der Waals surface area contributed by atoms with E-state index < -0.39 is 0 Å². The molecule has 7 heteroatoms. The third-order valence-corrected chi connectivity index (χ3v) is 4.86. The largest absolute Gasteiger partial charge is 0.497 e. The summed E-state index contributed by atoms with van der Waals surface area (Å²) in [5.74, 6) is 1.49. The van der Waals surface area contributed by atoms with Crippen LogP contribution in [0.15, 0.2) is 48.5 Å². The van der Waals surface area contributed by atoms with Gasteiger partial charge in [-0.25, -0.2) is 4.79 Å². The van der Waals surface area contributed by atoms with Crippen LogP contribution < -0.4 is 24.6 Å². The van der Waals surface area contributed by atoms with E-state index in [4.69, 9.17) is 9.47 Å². The number of ether oxygens (including phenoxy) is 2. The Morgan fingerprint density at radius 1 is 1.10 bits per heavy atom. The predicted octanol–water partition coefficient (Wildman–Crippen LogP) is 3.44. The van der Waals surface area contributed by atoms with E-state index in [0.29, 0.717) is 19.7 Å². The number of benzene rings is 2. The minimum Gasteiger partial charge on any atom is -0.497 e. The number of amides is 3. The van der Waals surface area contributed by atoms with Crippen molar-refractivity contribution in [3.63, 3.8) is 0 Å². The first-order valence-electron chi connectivity index (χ1n) is 9.81. The molecule has 1 aliphatic heterocycles. The number of hydrogen-bond acceptors (Lipinski definition) is 4. The van der Waals surface area contributed by atoms with Gasteiger partial charge in [-0.2, -0.15) is 0 Å². The van der Waals surface area contributed by atoms with Gasteiger partial charge in [0.15, 0.2) is 0 Å². The van der Waals surface area contributed by atoms with Gasteiger partial charge in [0.1, 0.15) is 11.5 Å². The van der Waals surface area contributed by atoms with Crippen LogP contribution >= 0.6 is 0 Å². The molecule has 1 N–H and O–H groups in total. The van der Waals surface area contributed by atoms with E-state index in [-0.39, 0.29) is 24.4 Å². The molecule has 2 aromatic carbocycles. The second-order valence-electron chi connectivity index (χ2n) is 6.72. The van der Waals surface area contributed by atoms with Gasteiger partial charge in [-0.3, -0.25) is 9.69 Å². The molecule has 0 bridgehead atoms. The third kappa shape index (κ3) is 4.80. The predicted molar refractivity (Wildman–Crippen MR) is 113 cm³/mol. The average Bonchev–Trinajstić information content (AvgIpc) is 3.10. The summed E-state index contributed by atoms with van der Waals surface area (Å²) >= 11 is 0. The van der Waals surface area contributed by atoms with E-state index >= 15 is 0 Å². The maximum absolute atomic E-state index is 12.8. The van der Waals surface area contributed by atoms with Crippen LogP contribution in [0, 0.1) is 0 Å². The van der Waals surface area contributed by atoms with Crippen LogP contribution in [-0.2, 0) is 4.79 Å². The Labute approximate surface area is 171 Å². The van der Waals surface area contributed by atoms with E-state index in [0.717, 1.165) is 22.9 Å². The Hall–Kier alpha value is -3.22. The topological polar surface area (TPSA) is 71.1 Å². The molecular weight excluding hydrogens is 370 g/mol. The molecule has 154 valence electrons. The molecule has 1 heterocycles. The van der Waals surface area contributed by atoms with Crippen molar-refractivity contribution in [2.75, 3.05) is 36.6 Å². The molecule has 1 atom stereocenters. The standard InChI is InChI=1S/C22H27N3O4/c1-4-24(17-8-12-20(13-9-17)29-5-2)22(27)23-16-14-21(26)25(15-16)18-6-10-19(28-3)11-7-18/h6-13,16H,4-5,14-15H2,1-3H3,(H,23,27)/t16-/m0/s1. The van der Waals surface area contributed by atoms with Gasteiger partial charge in [-0.1, -0.05) is 0 Å². The Morgan fingerprint density at radius 2 is 1.76 bits per heavy atom.